The Kier molecular flexibility index (Phi) is 4.28. The van der Waals surface area contributed by atoms with Crippen molar-refractivity contribution in [3.8, 4) is 0 Å². The van der Waals surface area contributed by atoms with Crippen molar-refractivity contribution in [3.63, 3.8) is 0 Å². The van der Waals surface area contributed by atoms with E-state index in [2.05, 4.69) is 0 Å². The van der Waals surface area contributed by atoms with E-state index in [1.54, 1.807) is 0 Å². The lowest BCUT2D eigenvalue weighted by molar-refractivity contribution is -0.343. The molecule has 0 aliphatic heterocycles. The molecule has 0 saturated heterocycles. The number of ketones is 2. The number of alkyl halides is 7. The Labute approximate surface area is 111 Å². The van der Waals surface area contributed by atoms with Crippen molar-refractivity contribution >= 4 is 22.9 Å². The monoisotopic (exact) mass is 322 g/mol. The lowest BCUT2D eigenvalue weighted by atomic mass is 10.0. The van der Waals surface area contributed by atoms with Gasteiger partial charge in [0.25, 0.3) is 0 Å². The van der Waals surface area contributed by atoms with Crippen molar-refractivity contribution in [2.75, 3.05) is 0 Å². The maximum absolute atomic E-state index is 12.9. The van der Waals surface area contributed by atoms with Crippen LogP contribution in [-0.4, -0.2) is 29.6 Å². The van der Waals surface area contributed by atoms with Gasteiger partial charge >= 0.3 is 18.0 Å². The van der Waals surface area contributed by atoms with Crippen LogP contribution >= 0.6 is 11.3 Å². The Morgan fingerprint density at radius 1 is 1.05 bits per heavy atom. The SMILES string of the molecule is O=C(CC(=O)C(F)(F)C(F)(F)C(F)(F)F)c1ccsc1. The Bertz CT molecular complexity index is 504. The summed E-state index contributed by atoms with van der Waals surface area (Å²) in [6.45, 7) is 0. The number of hydrogen-bond acceptors (Lipinski definition) is 3. The molecule has 2 nitrogen and oxygen atoms in total. The van der Waals surface area contributed by atoms with E-state index in [0.717, 1.165) is 22.8 Å². The summed E-state index contributed by atoms with van der Waals surface area (Å²) in [4.78, 5) is 22.2. The quantitative estimate of drug-likeness (QED) is 0.470. The number of Topliss-reactive ketones (excluding diaryl/α,β-unsaturated/α-hetero) is 2. The molecule has 0 fully saturated rings. The summed E-state index contributed by atoms with van der Waals surface area (Å²) >= 11 is 0.965. The number of carbonyl (C=O) groups is 2. The van der Waals surface area contributed by atoms with Crippen molar-refractivity contribution in [2.45, 2.75) is 24.4 Å². The van der Waals surface area contributed by atoms with Gasteiger partial charge in [0.05, 0.1) is 6.42 Å². The standard InChI is InChI=1S/C10H5F7O2S/c11-8(12,9(13,14)10(15,16)17)7(19)3-6(18)5-1-2-20-4-5/h1-2,4H,3H2. The van der Waals surface area contributed by atoms with Gasteiger partial charge in [-0.3, -0.25) is 9.59 Å². The second-order valence-electron chi connectivity index (χ2n) is 3.68. The largest absolute Gasteiger partial charge is 0.460 e. The predicted molar refractivity (Wildman–Crippen MR) is 54.2 cm³/mol. The highest BCUT2D eigenvalue weighted by Crippen LogP contribution is 2.47. The Balaban J connectivity index is 2.93. The Hall–Kier alpha value is -1.45. The summed E-state index contributed by atoms with van der Waals surface area (Å²) in [5, 5.41) is 2.50. The van der Waals surface area contributed by atoms with Crippen LogP contribution in [0.5, 0.6) is 0 Å². The average molecular weight is 322 g/mol. The maximum Gasteiger partial charge on any atom is 0.460 e. The van der Waals surface area contributed by atoms with E-state index < -0.39 is 36.0 Å². The van der Waals surface area contributed by atoms with Gasteiger partial charge in [0.2, 0.25) is 5.78 Å². The molecule has 0 atom stereocenters. The van der Waals surface area contributed by atoms with Crippen LogP contribution in [0.2, 0.25) is 0 Å². The summed E-state index contributed by atoms with van der Waals surface area (Å²) in [6.07, 6.45) is -8.34. The third kappa shape index (κ3) is 2.84. The molecule has 0 aliphatic rings. The summed E-state index contributed by atoms with van der Waals surface area (Å²) in [5.74, 6) is -16.6. The fraction of sp³-hybridized carbons (Fsp3) is 0.400. The Morgan fingerprint density at radius 2 is 1.60 bits per heavy atom. The summed E-state index contributed by atoms with van der Waals surface area (Å²) in [6, 6.07) is 1.13. The summed E-state index contributed by atoms with van der Waals surface area (Å²) < 4.78 is 86.4. The minimum atomic E-state index is -6.60. The molecule has 1 aromatic rings. The first kappa shape index (κ1) is 16.6. The van der Waals surface area contributed by atoms with Gasteiger partial charge in [-0.2, -0.15) is 42.1 Å². The zero-order valence-electron chi connectivity index (χ0n) is 9.31. The smallest absolute Gasteiger partial charge is 0.294 e. The topological polar surface area (TPSA) is 34.1 Å². The van der Waals surface area contributed by atoms with Gasteiger partial charge in [-0.1, -0.05) is 0 Å². The van der Waals surface area contributed by atoms with Crippen molar-refractivity contribution in [1.82, 2.24) is 0 Å². The first-order valence-electron chi connectivity index (χ1n) is 4.82. The van der Waals surface area contributed by atoms with Crippen molar-refractivity contribution in [3.05, 3.63) is 22.4 Å². The molecule has 0 unspecified atom stereocenters. The average Bonchev–Trinajstić information content (AvgIpc) is 2.80. The lowest BCUT2D eigenvalue weighted by Crippen LogP contribution is -2.56. The van der Waals surface area contributed by atoms with Crippen LogP contribution in [0.1, 0.15) is 16.8 Å². The number of thiophene rings is 1. The molecule has 1 aromatic heterocycles. The van der Waals surface area contributed by atoms with E-state index in [4.69, 9.17) is 0 Å². The van der Waals surface area contributed by atoms with Crippen LogP contribution in [0.25, 0.3) is 0 Å². The molecule has 0 saturated carbocycles. The van der Waals surface area contributed by atoms with Crippen LogP contribution in [0, 0.1) is 0 Å². The highest BCUT2D eigenvalue weighted by molar-refractivity contribution is 7.08. The molecule has 20 heavy (non-hydrogen) atoms. The zero-order valence-corrected chi connectivity index (χ0v) is 10.1. The van der Waals surface area contributed by atoms with Crippen molar-refractivity contribution in [1.29, 1.82) is 0 Å². The zero-order chi connectivity index (χ0) is 15.8. The molecule has 0 amide bonds. The van der Waals surface area contributed by atoms with Crippen LogP contribution in [0.15, 0.2) is 16.8 Å². The van der Waals surface area contributed by atoms with E-state index in [1.165, 1.54) is 5.38 Å². The molecule has 1 heterocycles. The van der Waals surface area contributed by atoms with Crippen LogP contribution in [0.3, 0.4) is 0 Å². The third-order valence-electron chi connectivity index (χ3n) is 2.26. The van der Waals surface area contributed by atoms with Crippen molar-refractivity contribution < 1.29 is 40.3 Å². The number of rotatable bonds is 5. The molecule has 0 aliphatic carbocycles. The van der Waals surface area contributed by atoms with Gasteiger partial charge in [0.1, 0.15) is 0 Å². The van der Waals surface area contributed by atoms with Gasteiger partial charge in [-0.15, -0.1) is 0 Å². The molecule has 0 aromatic carbocycles. The van der Waals surface area contributed by atoms with Gasteiger partial charge in [-0.25, -0.2) is 0 Å². The van der Waals surface area contributed by atoms with E-state index in [1.807, 2.05) is 0 Å². The molecular weight excluding hydrogens is 317 g/mol. The molecule has 0 spiro atoms. The molecular formula is C10H5F7O2S. The van der Waals surface area contributed by atoms with E-state index in [-0.39, 0.29) is 5.56 Å². The lowest BCUT2D eigenvalue weighted by Gasteiger charge is -2.26. The fourth-order valence-electron chi connectivity index (χ4n) is 1.14. The van der Waals surface area contributed by atoms with Crippen LogP contribution < -0.4 is 0 Å². The molecule has 10 heteroatoms. The number of hydrogen-bond donors (Lipinski definition) is 0. The predicted octanol–water partition coefficient (Wildman–Crippen LogP) is 3.72. The van der Waals surface area contributed by atoms with Gasteiger partial charge in [-0.05, 0) is 11.4 Å². The fourth-order valence-corrected chi connectivity index (χ4v) is 1.80. The minimum Gasteiger partial charge on any atom is -0.294 e. The number of halogens is 7. The first-order valence-corrected chi connectivity index (χ1v) is 5.76. The normalized spacial score (nSPS) is 13.3. The molecule has 1 rings (SSSR count). The van der Waals surface area contributed by atoms with Gasteiger partial charge < -0.3 is 0 Å². The molecule has 0 N–H and O–H groups in total. The second kappa shape index (κ2) is 5.15. The van der Waals surface area contributed by atoms with Crippen molar-refractivity contribution in [2.24, 2.45) is 0 Å². The maximum atomic E-state index is 12.9. The van der Waals surface area contributed by atoms with Crippen LogP contribution in [-0.2, 0) is 4.79 Å². The summed E-state index contributed by atoms with van der Waals surface area (Å²) in [7, 11) is 0. The highest BCUT2D eigenvalue weighted by Gasteiger charge is 2.75. The first-order chi connectivity index (χ1) is 8.91. The van der Waals surface area contributed by atoms with E-state index >= 15 is 0 Å². The number of carbonyl (C=O) groups excluding carboxylic acids is 2. The molecule has 0 bridgehead atoms. The summed E-state index contributed by atoms with van der Waals surface area (Å²) in [5.41, 5.74) is -0.213. The minimum absolute atomic E-state index is 0.213. The second-order valence-corrected chi connectivity index (χ2v) is 4.46. The van der Waals surface area contributed by atoms with Gasteiger partial charge in [0, 0.05) is 10.9 Å². The molecule has 0 radical (unpaired) electrons. The Morgan fingerprint density at radius 3 is 2.00 bits per heavy atom. The highest BCUT2D eigenvalue weighted by atomic mass is 32.1. The van der Waals surface area contributed by atoms with E-state index in [0.29, 0.717) is 0 Å². The molecule has 112 valence electrons. The van der Waals surface area contributed by atoms with Gasteiger partial charge in [0.15, 0.2) is 5.78 Å². The van der Waals surface area contributed by atoms with E-state index in [9.17, 15) is 40.3 Å². The third-order valence-corrected chi connectivity index (χ3v) is 2.95. The van der Waals surface area contributed by atoms with Crippen LogP contribution in [0.4, 0.5) is 30.7 Å².